The highest BCUT2D eigenvalue weighted by Gasteiger charge is 2.27. The molecule has 1 aliphatic heterocycles. The Morgan fingerprint density at radius 3 is 2.74 bits per heavy atom. The Hall–Kier alpha value is -3.74. The molecule has 1 atom stereocenters. The number of aliphatic carboxylic acids is 1. The van der Waals surface area contributed by atoms with Crippen molar-refractivity contribution in [1.82, 2.24) is 19.7 Å². The average molecular weight is 508 g/mol. The quantitative estimate of drug-likeness (QED) is 0.306. The fourth-order valence-corrected chi connectivity index (χ4v) is 5.52. The molecule has 4 heterocycles. The van der Waals surface area contributed by atoms with Crippen LogP contribution in [0.4, 0.5) is 5.00 Å². The van der Waals surface area contributed by atoms with Gasteiger partial charge in [0, 0.05) is 16.6 Å². The topological polar surface area (TPSA) is 141 Å². The lowest BCUT2D eigenvalue weighted by Gasteiger charge is -2.22. The molecule has 0 bridgehead atoms. The van der Waals surface area contributed by atoms with Crippen LogP contribution in [0.25, 0.3) is 16.9 Å². The Kier molecular flexibility index (Phi) is 6.49. The summed E-state index contributed by atoms with van der Waals surface area (Å²) in [7, 11) is 0. The van der Waals surface area contributed by atoms with Crippen LogP contribution < -0.4 is 11.1 Å². The second-order valence-electron chi connectivity index (χ2n) is 7.53. The zero-order valence-electron chi connectivity index (χ0n) is 18.6. The van der Waals surface area contributed by atoms with Crippen molar-refractivity contribution >= 4 is 39.9 Å². The molecule has 0 saturated carbocycles. The van der Waals surface area contributed by atoms with Crippen LogP contribution in [-0.4, -0.2) is 48.8 Å². The summed E-state index contributed by atoms with van der Waals surface area (Å²) in [5, 5.41) is 22.0. The summed E-state index contributed by atoms with van der Waals surface area (Å²) in [6.07, 6.45) is 0.928. The molecule has 1 aliphatic rings. The molecular weight excluding hydrogens is 486 g/mol. The largest absolute Gasteiger partial charge is 0.481 e. The smallest absolute Gasteiger partial charge is 0.313 e. The number of carbonyl (C=O) groups is 1. The number of nitrogens with zero attached hydrogens (tertiary/aromatic N) is 5. The third-order valence-corrected chi connectivity index (χ3v) is 7.14. The number of anilines is 1. The van der Waals surface area contributed by atoms with Crippen molar-refractivity contribution in [3.8, 4) is 16.9 Å². The number of thioether (sulfide) groups is 1. The molecule has 12 heteroatoms. The Balaban J connectivity index is 1.38. The van der Waals surface area contributed by atoms with Gasteiger partial charge in [-0.2, -0.15) is 0 Å². The van der Waals surface area contributed by atoms with Gasteiger partial charge in [0.15, 0.2) is 11.0 Å². The molecule has 0 amide bonds. The van der Waals surface area contributed by atoms with Crippen LogP contribution in [0.5, 0.6) is 0 Å². The predicted molar refractivity (Wildman–Crippen MR) is 135 cm³/mol. The summed E-state index contributed by atoms with van der Waals surface area (Å²) >= 11 is 2.66. The molecule has 4 N–H and O–H groups in total. The maximum Gasteiger partial charge on any atom is 0.313 e. The van der Waals surface area contributed by atoms with Gasteiger partial charge in [0.05, 0.1) is 11.3 Å². The molecule has 4 aromatic rings. The number of hydrogen-bond acceptors (Lipinski definition) is 10. The molecule has 0 fully saturated rings. The minimum Gasteiger partial charge on any atom is -0.481 e. The van der Waals surface area contributed by atoms with Crippen LogP contribution in [0.15, 0.2) is 64.9 Å². The number of nitrogens with one attached hydrogen (secondary N) is 1. The molecule has 0 radical (unpaired) electrons. The fourth-order valence-electron chi connectivity index (χ4n) is 3.74. The van der Waals surface area contributed by atoms with E-state index in [0.717, 1.165) is 38.3 Å². The summed E-state index contributed by atoms with van der Waals surface area (Å²) in [6.45, 7) is 2.11. The first-order valence-corrected chi connectivity index (χ1v) is 12.4. The van der Waals surface area contributed by atoms with Crippen LogP contribution in [0, 0.1) is 6.92 Å². The van der Waals surface area contributed by atoms with E-state index in [1.807, 2.05) is 24.3 Å². The first-order valence-electron chi connectivity index (χ1n) is 10.6. The number of carboxylic acid groups (broad SMARTS) is 1. The number of aryl methyl sites for hydroxylation is 1. The van der Waals surface area contributed by atoms with Gasteiger partial charge in [-0.05, 0) is 24.6 Å². The molecule has 0 saturated heterocycles. The highest BCUT2D eigenvalue weighted by atomic mass is 32.2. The van der Waals surface area contributed by atoms with Crippen molar-refractivity contribution in [3.63, 3.8) is 0 Å². The first kappa shape index (κ1) is 23.0. The van der Waals surface area contributed by atoms with Crippen LogP contribution in [0.2, 0.25) is 0 Å². The number of thiophene rings is 1. The lowest BCUT2D eigenvalue weighted by molar-refractivity contribution is -0.133. The van der Waals surface area contributed by atoms with Gasteiger partial charge in [-0.15, -0.1) is 21.5 Å². The number of aromatic nitrogens is 4. The summed E-state index contributed by atoms with van der Waals surface area (Å²) in [5.74, 6) is 0.325. The van der Waals surface area contributed by atoms with Crippen LogP contribution >= 0.6 is 23.1 Å². The zero-order chi connectivity index (χ0) is 24.4. The number of nitrogens with two attached hydrogens (primary N) is 1. The Bertz CT molecular complexity index is 1390. The van der Waals surface area contributed by atoms with E-state index in [4.69, 9.17) is 15.6 Å². The second-order valence-corrected chi connectivity index (χ2v) is 9.70. The highest BCUT2D eigenvalue weighted by molar-refractivity contribution is 7.99. The van der Waals surface area contributed by atoms with E-state index in [1.165, 1.54) is 0 Å². The number of benzene rings is 1. The van der Waals surface area contributed by atoms with E-state index in [1.54, 1.807) is 34.2 Å². The normalized spacial score (nSPS) is 14.8. The molecule has 10 nitrogen and oxygen atoms in total. The molecule has 35 heavy (non-hydrogen) atoms. The number of ether oxygens (including phenoxy) is 1. The van der Waals surface area contributed by atoms with E-state index in [9.17, 15) is 4.79 Å². The Labute approximate surface area is 208 Å². The SMILES string of the molecule is Cc1sc2c(c1-c1ccccc1)C(N)=NC(OCc1nnc(SCC(=O)O)n1-c1ccccn1)N2. The monoisotopic (exact) mass is 507 g/mol. The lowest BCUT2D eigenvalue weighted by atomic mass is 10.0. The van der Waals surface area contributed by atoms with Gasteiger partial charge in [0.25, 0.3) is 0 Å². The van der Waals surface area contributed by atoms with E-state index < -0.39 is 12.3 Å². The van der Waals surface area contributed by atoms with Gasteiger partial charge in [0.1, 0.15) is 23.3 Å². The van der Waals surface area contributed by atoms with E-state index >= 15 is 0 Å². The van der Waals surface area contributed by atoms with Gasteiger partial charge in [-0.1, -0.05) is 48.2 Å². The predicted octanol–water partition coefficient (Wildman–Crippen LogP) is 3.51. The van der Waals surface area contributed by atoms with Crippen molar-refractivity contribution in [1.29, 1.82) is 0 Å². The first-order chi connectivity index (χ1) is 17.0. The third kappa shape index (κ3) is 4.76. The molecule has 178 valence electrons. The van der Waals surface area contributed by atoms with Crippen LogP contribution in [0.1, 0.15) is 16.3 Å². The fraction of sp³-hybridized carbons (Fsp3) is 0.174. The maximum atomic E-state index is 11.1. The number of aliphatic imine (C=N–C) groups is 1. The Morgan fingerprint density at radius 2 is 2.00 bits per heavy atom. The minimum atomic E-state index is -0.948. The van der Waals surface area contributed by atoms with Crippen molar-refractivity contribution in [2.45, 2.75) is 25.0 Å². The maximum absolute atomic E-state index is 11.1. The van der Waals surface area contributed by atoms with Gasteiger partial charge in [-0.25, -0.2) is 9.98 Å². The molecule has 0 spiro atoms. The van der Waals surface area contributed by atoms with Crippen molar-refractivity contribution in [3.05, 3.63) is 71.0 Å². The zero-order valence-corrected chi connectivity index (χ0v) is 20.2. The Morgan fingerprint density at radius 1 is 1.20 bits per heavy atom. The van der Waals surface area contributed by atoms with Gasteiger partial charge in [-0.3, -0.25) is 9.36 Å². The van der Waals surface area contributed by atoms with Gasteiger partial charge < -0.3 is 20.9 Å². The summed E-state index contributed by atoms with van der Waals surface area (Å²) in [4.78, 5) is 21.1. The van der Waals surface area contributed by atoms with E-state index in [2.05, 4.69) is 44.5 Å². The summed E-state index contributed by atoms with van der Waals surface area (Å²) in [6, 6.07) is 15.5. The third-order valence-electron chi connectivity index (χ3n) is 5.19. The summed E-state index contributed by atoms with van der Waals surface area (Å²) in [5.41, 5.74) is 9.41. The molecular formula is C23H21N7O3S2. The average Bonchev–Trinajstić information content (AvgIpc) is 3.42. The highest BCUT2D eigenvalue weighted by Crippen LogP contribution is 2.41. The lowest BCUT2D eigenvalue weighted by Crippen LogP contribution is -2.31. The number of rotatable bonds is 8. The van der Waals surface area contributed by atoms with Crippen molar-refractivity contribution in [2.75, 3.05) is 11.1 Å². The van der Waals surface area contributed by atoms with Crippen LogP contribution in [0.3, 0.4) is 0 Å². The van der Waals surface area contributed by atoms with Crippen molar-refractivity contribution < 1.29 is 14.6 Å². The second kappa shape index (κ2) is 9.86. The number of carboxylic acids is 1. The molecule has 1 unspecified atom stereocenters. The van der Waals surface area contributed by atoms with Gasteiger partial charge >= 0.3 is 5.97 Å². The van der Waals surface area contributed by atoms with E-state index in [0.29, 0.717) is 22.6 Å². The minimum absolute atomic E-state index is 0.0525. The standard InChI is InChI=1S/C23H21N7O3S2/c1-13-18(14-7-3-2-4-8-14)19-20(24)26-22(27-21(19)35-13)33-11-16-28-29-23(34-12-17(31)32)30(16)15-9-5-6-10-25-15/h2-10,22,27H,11-12H2,1H3,(H2,24,26)(H,31,32). The van der Waals surface area contributed by atoms with Crippen molar-refractivity contribution in [2.24, 2.45) is 10.7 Å². The number of pyridine rings is 1. The number of amidine groups is 1. The molecule has 5 rings (SSSR count). The number of fused-ring (bicyclic) bond motifs is 1. The number of hydrogen-bond donors (Lipinski definition) is 3. The van der Waals surface area contributed by atoms with E-state index in [-0.39, 0.29) is 12.4 Å². The molecule has 0 aliphatic carbocycles. The van der Waals surface area contributed by atoms with Gasteiger partial charge in [0.2, 0.25) is 6.35 Å². The van der Waals surface area contributed by atoms with Crippen LogP contribution in [-0.2, 0) is 16.1 Å². The summed E-state index contributed by atoms with van der Waals surface area (Å²) < 4.78 is 7.68. The molecule has 1 aromatic carbocycles. The molecule has 3 aromatic heterocycles.